The topological polar surface area (TPSA) is 116 Å². The molecule has 1 amide bonds. The minimum Gasteiger partial charge on any atom is -0.480 e. The highest BCUT2D eigenvalue weighted by Gasteiger charge is 2.21. The number of carboxylic acids is 1. The second kappa shape index (κ2) is 6.76. The number of ether oxygens (including phenoxy) is 1. The largest absolute Gasteiger partial charge is 0.488 e. The number of carboxylic acid groups (broad SMARTS) is 1. The number of rotatable bonds is 5. The molecule has 1 aromatic carbocycles. The van der Waals surface area contributed by atoms with Crippen LogP contribution in [-0.4, -0.2) is 47.5 Å². The first kappa shape index (κ1) is 15.0. The van der Waals surface area contributed by atoms with Crippen molar-refractivity contribution >= 4 is 24.6 Å². The van der Waals surface area contributed by atoms with Gasteiger partial charge in [0.05, 0.1) is 7.11 Å². The lowest BCUT2D eigenvalue weighted by Gasteiger charge is -2.13. The van der Waals surface area contributed by atoms with Gasteiger partial charge in [0.15, 0.2) is 0 Å². The number of methoxy groups -OCH3 is 1. The van der Waals surface area contributed by atoms with Crippen molar-refractivity contribution in [2.75, 3.05) is 7.11 Å². The number of carbonyl (C=O) groups excluding carboxylic acids is 1. The van der Waals surface area contributed by atoms with E-state index in [0.29, 0.717) is 11.0 Å². The summed E-state index contributed by atoms with van der Waals surface area (Å²) in [6.45, 7) is 0. The molecule has 1 unspecified atom stereocenters. The zero-order valence-corrected chi connectivity index (χ0v) is 10.2. The SMILES string of the molecule is COC(=O)NC(Cc1ccc(B(O)O)cc1)C(=O)O. The number of hydrogen-bond donors (Lipinski definition) is 4. The van der Waals surface area contributed by atoms with Crippen LogP contribution in [0.15, 0.2) is 24.3 Å². The lowest BCUT2D eigenvalue weighted by Crippen LogP contribution is -2.42. The molecule has 0 aliphatic rings. The standard InChI is InChI=1S/C11H14BNO6/c1-19-11(16)13-9(10(14)15)6-7-2-4-8(5-3-7)12(17)18/h2-5,9,17-18H,6H2,1H3,(H,13,16)(H,14,15). The first-order valence-corrected chi connectivity index (χ1v) is 5.46. The highest BCUT2D eigenvalue weighted by atomic mass is 16.5. The summed E-state index contributed by atoms with van der Waals surface area (Å²) in [5.74, 6) is -1.18. The van der Waals surface area contributed by atoms with Gasteiger partial charge in [-0.15, -0.1) is 0 Å². The van der Waals surface area contributed by atoms with E-state index in [9.17, 15) is 9.59 Å². The zero-order chi connectivity index (χ0) is 14.4. The quantitative estimate of drug-likeness (QED) is 0.494. The van der Waals surface area contributed by atoms with E-state index in [2.05, 4.69) is 10.1 Å². The molecular weight excluding hydrogens is 253 g/mol. The van der Waals surface area contributed by atoms with Crippen LogP contribution in [0.2, 0.25) is 0 Å². The molecule has 1 atom stereocenters. The van der Waals surface area contributed by atoms with Gasteiger partial charge in [-0.25, -0.2) is 9.59 Å². The van der Waals surface area contributed by atoms with Crippen LogP contribution in [0.4, 0.5) is 4.79 Å². The minimum atomic E-state index is -1.57. The Balaban J connectivity index is 2.73. The third-order valence-corrected chi connectivity index (χ3v) is 2.49. The Kier molecular flexibility index (Phi) is 5.34. The van der Waals surface area contributed by atoms with Crippen LogP contribution in [0, 0.1) is 0 Å². The van der Waals surface area contributed by atoms with E-state index in [1.807, 2.05) is 0 Å². The van der Waals surface area contributed by atoms with Crippen LogP contribution >= 0.6 is 0 Å². The summed E-state index contributed by atoms with van der Waals surface area (Å²) in [6.07, 6.45) is -0.763. The number of alkyl carbamates (subject to hydrolysis) is 1. The second-order valence-corrected chi connectivity index (χ2v) is 3.85. The van der Waals surface area contributed by atoms with Crippen molar-refractivity contribution < 1.29 is 29.5 Å². The Labute approximate surface area is 110 Å². The summed E-state index contributed by atoms with van der Waals surface area (Å²) in [7, 11) is -0.427. The molecule has 0 fully saturated rings. The van der Waals surface area contributed by atoms with Crippen molar-refractivity contribution in [2.24, 2.45) is 0 Å². The van der Waals surface area contributed by atoms with Gasteiger partial charge >= 0.3 is 19.2 Å². The molecule has 0 aliphatic heterocycles. The number of carbonyl (C=O) groups is 2. The monoisotopic (exact) mass is 267 g/mol. The summed E-state index contributed by atoms with van der Waals surface area (Å²) in [6, 6.07) is 4.94. The molecule has 102 valence electrons. The Morgan fingerprint density at radius 3 is 2.32 bits per heavy atom. The van der Waals surface area contributed by atoms with Crippen molar-refractivity contribution in [3.63, 3.8) is 0 Å². The van der Waals surface area contributed by atoms with Gasteiger partial charge in [0, 0.05) is 6.42 Å². The molecule has 0 bridgehead atoms. The summed E-state index contributed by atoms with van der Waals surface area (Å²) in [5, 5.41) is 29.0. The number of benzene rings is 1. The van der Waals surface area contributed by atoms with Crippen molar-refractivity contribution in [2.45, 2.75) is 12.5 Å². The molecule has 0 aliphatic carbocycles. The molecule has 8 heteroatoms. The summed E-state index contributed by atoms with van der Waals surface area (Å²) < 4.78 is 4.34. The molecule has 1 aromatic rings. The van der Waals surface area contributed by atoms with Gasteiger partial charge in [-0.3, -0.25) is 0 Å². The molecule has 0 spiro atoms. The van der Waals surface area contributed by atoms with E-state index in [-0.39, 0.29) is 6.42 Å². The molecule has 0 heterocycles. The fraction of sp³-hybridized carbons (Fsp3) is 0.273. The highest BCUT2D eigenvalue weighted by molar-refractivity contribution is 6.58. The molecule has 1 rings (SSSR count). The van der Waals surface area contributed by atoms with Crippen LogP contribution in [0.25, 0.3) is 0 Å². The molecule has 0 radical (unpaired) electrons. The average Bonchev–Trinajstić information content (AvgIpc) is 2.38. The number of amides is 1. The maximum absolute atomic E-state index is 11.0. The first-order chi connectivity index (χ1) is 8.93. The molecule has 19 heavy (non-hydrogen) atoms. The zero-order valence-electron chi connectivity index (χ0n) is 10.2. The van der Waals surface area contributed by atoms with Gasteiger partial charge < -0.3 is 25.2 Å². The smallest absolute Gasteiger partial charge is 0.480 e. The van der Waals surface area contributed by atoms with E-state index < -0.39 is 25.2 Å². The van der Waals surface area contributed by atoms with E-state index >= 15 is 0 Å². The first-order valence-electron chi connectivity index (χ1n) is 5.46. The van der Waals surface area contributed by atoms with E-state index in [4.69, 9.17) is 15.2 Å². The van der Waals surface area contributed by atoms with Crippen LogP contribution in [0.3, 0.4) is 0 Å². The van der Waals surface area contributed by atoms with Crippen LogP contribution in [-0.2, 0) is 16.0 Å². The fourth-order valence-corrected chi connectivity index (χ4v) is 1.46. The van der Waals surface area contributed by atoms with E-state index in [1.165, 1.54) is 12.1 Å². The summed E-state index contributed by atoms with van der Waals surface area (Å²) in [5.41, 5.74) is 0.935. The summed E-state index contributed by atoms with van der Waals surface area (Å²) in [4.78, 5) is 22.0. The van der Waals surface area contributed by atoms with Crippen LogP contribution in [0.5, 0.6) is 0 Å². The summed E-state index contributed by atoms with van der Waals surface area (Å²) >= 11 is 0. The van der Waals surface area contributed by atoms with Gasteiger partial charge in [-0.1, -0.05) is 24.3 Å². The third kappa shape index (κ3) is 4.61. The lowest BCUT2D eigenvalue weighted by molar-refractivity contribution is -0.139. The van der Waals surface area contributed by atoms with Gasteiger partial charge in [0.25, 0.3) is 0 Å². The Morgan fingerprint density at radius 2 is 1.89 bits per heavy atom. The normalized spacial score (nSPS) is 11.5. The molecule has 0 saturated carbocycles. The highest BCUT2D eigenvalue weighted by Crippen LogP contribution is 2.03. The number of aliphatic carboxylic acids is 1. The fourth-order valence-electron chi connectivity index (χ4n) is 1.46. The molecule has 4 N–H and O–H groups in total. The third-order valence-electron chi connectivity index (χ3n) is 2.49. The van der Waals surface area contributed by atoms with Gasteiger partial charge in [0.2, 0.25) is 0 Å². The lowest BCUT2D eigenvalue weighted by atomic mass is 9.80. The number of hydrogen-bond acceptors (Lipinski definition) is 5. The molecule has 7 nitrogen and oxygen atoms in total. The van der Waals surface area contributed by atoms with Crippen molar-refractivity contribution in [3.05, 3.63) is 29.8 Å². The molecule has 0 aromatic heterocycles. The predicted octanol–water partition coefficient (Wildman–Crippen LogP) is -1.28. The minimum absolute atomic E-state index is 0.0617. The van der Waals surface area contributed by atoms with Crippen molar-refractivity contribution in [1.29, 1.82) is 0 Å². The van der Waals surface area contributed by atoms with Gasteiger partial charge in [-0.2, -0.15) is 0 Å². The Bertz CT molecular complexity index is 447. The van der Waals surface area contributed by atoms with Crippen LogP contribution in [0.1, 0.15) is 5.56 Å². The van der Waals surface area contributed by atoms with Crippen LogP contribution < -0.4 is 10.8 Å². The average molecular weight is 267 g/mol. The maximum atomic E-state index is 11.0. The molecular formula is C11H14BNO6. The van der Waals surface area contributed by atoms with Crippen molar-refractivity contribution in [3.8, 4) is 0 Å². The number of nitrogens with one attached hydrogen (secondary N) is 1. The second-order valence-electron chi connectivity index (χ2n) is 3.85. The predicted molar refractivity (Wildman–Crippen MR) is 66.9 cm³/mol. The Morgan fingerprint density at radius 1 is 1.32 bits per heavy atom. The van der Waals surface area contributed by atoms with Gasteiger partial charge in [-0.05, 0) is 11.0 Å². The van der Waals surface area contributed by atoms with E-state index in [0.717, 1.165) is 7.11 Å². The maximum Gasteiger partial charge on any atom is 0.488 e. The molecule has 0 saturated heterocycles. The van der Waals surface area contributed by atoms with Crippen molar-refractivity contribution in [1.82, 2.24) is 5.32 Å². The Hall–Kier alpha value is -2.06. The van der Waals surface area contributed by atoms with E-state index in [1.54, 1.807) is 12.1 Å². The van der Waals surface area contributed by atoms with Gasteiger partial charge in [0.1, 0.15) is 6.04 Å².